The van der Waals surface area contributed by atoms with Gasteiger partial charge in [-0.05, 0) is 17.4 Å². The molecule has 0 radical (unpaired) electrons. The van der Waals surface area contributed by atoms with Crippen molar-refractivity contribution in [1.82, 2.24) is 0 Å². The zero-order valence-electron chi connectivity index (χ0n) is 12.7. The van der Waals surface area contributed by atoms with Crippen molar-refractivity contribution in [2.45, 2.75) is 39.6 Å². The number of aliphatic hydroxyl groups excluding tert-OH is 1. The summed E-state index contributed by atoms with van der Waals surface area (Å²) in [6, 6.07) is 10.2. The molecule has 0 bridgehead atoms. The molecule has 5 atom stereocenters. The maximum atomic E-state index is 9.30. The van der Waals surface area contributed by atoms with Gasteiger partial charge in [-0.25, -0.2) is 0 Å². The van der Waals surface area contributed by atoms with Gasteiger partial charge in [-0.3, -0.25) is 0 Å². The van der Waals surface area contributed by atoms with Crippen molar-refractivity contribution in [3.05, 3.63) is 35.9 Å². The fraction of sp³-hybridized carbons (Fsp3) is 0.647. The molecule has 2 rings (SSSR count). The SMILES string of the molecule is C[C@H](CO)C1OCC(OCc2ccccc2)[C@@H](C)[C@@H]1C. The largest absolute Gasteiger partial charge is 0.396 e. The molecule has 0 aliphatic carbocycles. The van der Waals surface area contributed by atoms with Crippen LogP contribution in [0.2, 0.25) is 0 Å². The van der Waals surface area contributed by atoms with Crippen LogP contribution in [0.3, 0.4) is 0 Å². The summed E-state index contributed by atoms with van der Waals surface area (Å²) in [5.74, 6) is 1.01. The number of hydrogen-bond acceptors (Lipinski definition) is 3. The van der Waals surface area contributed by atoms with Gasteiger partial charge in [-0.15, -0.1) is 0 Å². The summed E-state index contributed by atoms with van der Waals surface area (Å²) in [5.41, 5.74) is 1.19. The minimum atomic E-state index is 0.131. The number of aliphatic hydroxyl groups is 1. The molecule has 0 aromatic heterocycles. The molecular formula is C17H26O3. The van der Waals surface area contributed by atoms with Gasteiger partial charge in [-0.2, -0.15) is 0 Å². The van der Waals surface area contributed by atoms with E-state index in [9.17, 15) is 5.11 Å². The van der Waals surface area contributed by atoms with E-state index in [1.165, 1.54) is 5.56 Å². The van der Waals surface area contributed by atoms with Crippen LogP contribution in [0.1, 0.15) is 26.3 Å². The van der Waals surface area contributed by atoms with Gasteiger partial charge in [0.2, 0.25) is 0 Å². The Balaban J connectivity index is 1.89. The van der Waals surface area contributed by atoms with Crippen LogP contribution < -0.4 is 0 Å². The Morgan fingerprint density at radius 3 is 2.60 bits per heavy atom. The average molecular weight is 278 g/mol. The van der Waals surface area contributed by atoms with Crippen molar-refractivity contribution < 1.29 is 14.6 Å². The third-order valence-corrected chi connectivity index (χ3v) is 4.54. The van der Waals surface area contributed by atoms with Crippen LogP contribution in [0.25, 0.3) is 0 Å². The second-order valence-electron chi connectivity index (χ2n) is 6.01. The van der Waals surface area contributed by atoms with E-state index in [0.717, 1.165) is 0 Å². The van der Waals surface area contributed by atoms with Crippen LogP contribution in [-0.4, -0.2) is 30.5 Å². The average Bonchev–Trinajstić information content (AvgIpc) is 2.49. The molecule has 112 valence electrons. The monoisotopic (exact) mass is 278 g/mol. The molecule has 1 N–H and O–H groups in total. The molecule has 0 spiro atoms. The van der Waals surface area contributed by atoms with E-state index in [2.05, 4.69) is 26.0 Å². The topological polar surface area (TPSA) is 38.7 Å². The molecule has 0 amide bonds. The lowest BCUT2D eigenvalue weighted by Crippen LogP contribution is -2.47. The van der Waals surface area contributed by atoms with Crippen molar-refractivity contribution in [3.63, 3.8) is 0 Å². The minimum Gasteiger partial charge on any atom is -0.396 e. The van der Waals surface area contributed by atoms with Crippen molar-refractivity contribution in [3.8, 4) is 0 Å². The molecule has 1 heterocycles. The molecule has 1 fully saturated rings. The first kappa shape index (κ1) is 15.5. The van der Waals surface area contributed by atoms with Crippen LogP contribution in [0, 0.1) is 17.8 Å². The lowest BCUT2D eigenvalue weighted by atomic mass is 9.80. The molecule has 0 saturated carbocycles. The van der Waals surface area contributed by atoms with Gasteiger partial charge in [0, 0.05) is 12.5 Å². The third-order valence-electron chi connectivity index (χ3n) is 4.54. The van der Waals surface area contributed by atoms with Gasteiger partial charge in [0.1, 0.15) is 0 Å². The third kappa shape index (κ3) is 3.60. The molecule has 2 unspecified atom stereocenters. The summed E-state index contributed by atoms with van der Waals surface area (Å²) in [6.07, 6.45) is 0.263. The predicted molar refractivity (Wildman–Crippen MR) is 79.3 cm³/mol. The predicted octanol–water partition coefficient (Wildman–Crippen LogP) is 2.87. The Kier molecular flexibility index (Phi) is 5.58. The fourth-order valence-electron chi connectivity index (χ4n) is 2.91. The summed E-state index contributed by atoms with van der Waals surface area (Å²) >= 11 is 0. The molecule has 3 heteroatoms. The summed E-state index contributed by atoms with van der Waals surface area (Å²) < 4.78 is 12.0. The maximum absolute atomic E-state index is 9.30. The highest BCUT2D eigenvalue weighted by Crippen LogP contribution is 2.32. The molecule has 1 aliphatic heterocycles. The summed E-state index contributed by atoms with van der Waals surface area (Å²) in [5, 5.41) is 9.30. The summed E-state index contributed by atoms with van der Waals surface area (Å²) in [6.45, 7) is 7.88. The van der Waals surface area contributed by atoms with E-state index in [1.807, 2.05) is 25.1 Å². The van der Waals surface area contributed by atoms with E-state index in [4.69, 9.17) is 9.47 Å². The second kappa shape index (κ2) is 7.21. The van der Waals surface area contributed by atoms with E-state index < -0.39 is 0 Å². The van der Waals surface area contributed by atoms with Gasteiger partial charge >= 0.3 is 0 Å². The normalized spacial score (nSPS) is 32.0. The first-order chi connectivity index (χ1) is 9.63. The van der Waals surface area contributed by atoms with E-state index in [0.29, 0.717) is 25.0 Å². The second-order valence-corrected chi connectivity index (χ2v) is 6.01. The van der Waals surface area contributed by atoms with E-state index in [1.54, 1.807) is 0 Å². The zero-order valence-corrected chi connectivity index (χ0v) is 12.7. The van der Waals surface area contributed by atoms with Crippen LogP contribution in [0.4, 0.5) is 0 Å². The van der Waals surface area contributed by atoms with E-state index >= 15 is 0 Å². The van der Waals surface area contributed by atoms with Crippen molar-refractivity contribution in [1.29, 1.82) is 0 Å². The van der Waals surface area contributed by atoms with Gasteiger partial charge < -0.3 is 14.6 Å². The van der Waals surface area contributed by atoms with Gasteiger partial charge in [-0.1, -0.05) is 51.1 Å². The molecule has 1 aromatic carbocycles. The molecule has 1 saturated heterocycles. The summed E-state index contributed by atoms with van der Waals surface area (Å²) in [4.78, 5) is 0. The minimum absolute atomic E-state index is 0.131. The first-order valence-electron chi connectivity index (χ1n) is 7.51. The Morgan fingerprint density at radius 2 is 1.95 bits per heavy atom. The summed E-state index contributed by atoms with van der Waals surface area (Å²) in [7, 11) is 0. The van der Waals surface area contributed by atoms with Crippen LogP contribution in [-0.2, 0) is 16.1 Å². The number of benzene rings is 1. The molecule has 1 aromatic rings. The van der Waals surface area contributed by atoms with E-state index in [-0.39, 0.29) is 24.7 Å². The van der Waals surface area contributed by atoms with Crippen LogP contribution in [0.5, 0.6) is 0 Å². The van der Waals surface area contributed by atoms with Crippen molar-refractivity contribution in [2.24, 2.45) is 17.8 Å². The molecule has 1 aliphatic rings. The van der Waals surface area contributed by atoms with Gasteiger partial charge in [0.25, 0.3) is 0 Å². The number of ether oxygens (including phenoxy) is 2. The van der Waals surface area contributed by atoms with Crippen LogP contribution in [0.15, 0.2) is 30.3 Å². The lowest BCUT2D eigenvalue weighted by Gasteiger charge is -2.41. The standard InChI is InChI=1S/C17H26O3/c1-12(9-18)17-14(3)13(2)16(11-20-17)19-10-15-7-5-4-6-8-15/h4-8,12-14,16-18H,9-11H2,1-3H3/t12-,13+,14+,16?,17?/m1/s1. The molecule has 3 nitrogen and oxygen atoms in total. The van der Waals surface area contributed by atoms with Gasteiger partial charge in [0.05, 0.1) is 25.4 Å². The Bertz CT molecular complexity index is 392. The number of rotatable bonds is 5. The maximum Gasteiger partial charge on any atom is 0.0842 e. The number of hydrogen-bond donors (Lipinski definition) is 1. The quantitative estimate of drug-likeness (QED) is 0.900. The Hall–Kier alpha value is -0.900. The first-order valence-corrected chi connectivity index (χ1v) is 7.51. The highest BCUT2D eigenvalue weighted by atomic mass is 16.5. The van der Waals surface area contributed by atoms with Crippen LogP contribution >= 0.6 is 0 Å². The fourth-order valence-corrected chi connectivity index (χ4v) is 2.91. The Labute approximate surface area is 121 Å². The Morgan fingerprint density at radius 1 is 1.25 bits per heavy atom. The highest BCUT2D eigenvalue weighted by molar-refractivity contribution is 5.13. The lowest BCUT2D eigenvalue weighted by molar-refractivity contribution is -0.161. The smallest absolute Gasteiger partial charge is 0.0842 e. The van der Waals surface area contributed by atoms with Gasteiger partial charge in [0.15, 0.2) is 0 Å². The van der Waals surface area contributed by atoms with Crippen molar-refractivity contribution in [2.75, 3.05) is 13.2 Å². The zero-order chi connectivity index (χ0) is 14.5. The molecule has 20 heavy (non-hydrogen) atoms. The van der Waals surface area contributed by atoms with Crippen molar-refractivity contribution >= 4 is 0 Å². The highest BCUT2D eigenvalue weighted by Gasteiger charge is 2.37. The molecular weight excluding hydrogens is 252 g/mol.